The molecule has 3 aromatic rings. The van der Waals surface area contributed by atoms with Gasteiger partial charge in [-0.15, -0.1) is 0 Å². The van der Waals surface area contributed by atoms with Crippen molar-refractivity contribution < 1.29 is 5.11 Å². The molecule has 0 saturated heterocycles. The molecule has 1 N–H and O–H groups in total. The fourth-order valence-corrected chi connectivity index (χ4v) is 3.59. The normalized spacial score (nSPS) is 13.3. The Hall–Kier alpha value is -2.32. The van der Waals surface area contributed by atoms with Crippen LogP contribution >= 0.6 is 23.2 Å². The van der Waals surface area contributed by atoms with E-state index in [1.165, 1.54) is 0 Å². The van der Waals surface area contributed by atoms with Gasteiger partial charge in [-0.25, -0.2) is 4.68 Å². The van der Waals surface area contributed by atoms with E-state index in [9.17, 15) is 5.11 Å². The summed E-state index contributed by atoms with van der Waals surface area (Å²) in [6.45, 7) is 5.49. The van der Waals surface area contributed by atoms with Crippen molar-refractivity contribution >= 4 is 23.2 Å². The Morgan fingerprint density at radius 1 is 1.12 bits per heavy atom. The van der Waals surface area contributed by atoms with Gasteiger partial charge in [-0.3, -0.25) is 0 Å². The van der Waals surface area contributed by atoms with Gasteiger partial charge in [0.15, 0.2) is 0 Å². The molecule has 1 aromatic heterocycles. The Bertz CT molecular complexity index is 1010. The molecular formula is C20H17Cl2N3O. The first-order chi connectivity index (χ1) is 12.3. The Labute approximate surface area is 162 Å². The molecule has 4 nitrogen and oxygen atoms in total. The summed E-state index contributed by atoms with van der Waals surface area (Å²) in [5.41, 5.74) is 2.86. The molecule has 0 saturated carbocycles. The third-order valence-electron chi connectivity index (χ3n) is 4.50. The van der Waals surface area contributed by atoms with Crippen molar-refractivity contribution in [3.05, 3.63) is 80.6 Å². The lowest BCUT2D eigenvalue weighted by Crippen LogP contribution is -2.24. The summed E-state index contributed by atoms with van der Waals surface area (Å²) in [7, 11) is 0. The number of aliphatic hydroxyl groups is 1. The summed E-state index contributed by atoms with van der Waals surface area (Å²) in [5, 5.41) is 25.8. The van der Waals surface area contributed by atoms with Crippen LogP contribution in [0.4, 0.5) is 0 Å². The fourth-order valence-electron chi connectivity index (χ4n) is 3.24. The molecule has 0 aliphatic rings. The van der Waals surface area contributed by atoms with Gasteiger partial charge in [0.05, 0.1) is 22.0 Å². The zero-order valence-electron chi connectivity index (χ0n) is 14.6. The van der Waals surface area contributed by atoms with E-state index in [0.29, 0.717) is 21.3 Å². The number of nitrogens with zero attached hydrogens (tertiary/aromatic N) is 3. The molecule has 26 heavy (non-hydrogen) atoms. The molecule has 0 radical (unpaired) electrons. The molecule has 2 aromatic carbocycles. The van der Waals surface area contributed by atoms with Gasteiger partial charge in [-0.1, -0.05) is 35.3 Å². The van der Waals surface area contributed by atoms with Crippen molar-refractivity contribution in [3.8, 4) is 11.8 Å². The molecule has 132 valence electrons. The van der Waals surface area contributed by atoms with Crippen LogP contribution in [0.1, 0.15) is 35.0 Å². The fraction of sp³-hybridized carbons (Fsp3) is 0.200. The van der Waals surface area contributed by atoms with Crippen LogP contribution in [0.15, 0.2) is 42.5 Å². The summed E-state index contributed by atoms with van der Waals surface area (Å²) < 4.78 is 1.72. The average Bonchev–Trinajstić information content (AvgIpc) is 2.90. The highest BCUT2D eigenvalue weighted by atomic mass is 35.5. The zero-order chi connectivity index (χ0) is 19.1. The van der Waals surface area contributed by atoms with E-state index in [0.717, 1.165) is 22.5 Å². The van der Waals surface area contributed by atoms with Gasteiger partial charge in [-0.05, 0) is 56.7 Å². The smallest absolute Gasteiger partial charge is 0.115 e. The highest BCUT2D eigenvalue weighted by Gasteiger charge is 2.32. The maximum Gasteiger partial charge on any atom is 0.115 e. The molecular weight excluding hydrogens is 369 g/mol. The minimum absolute atomic E-state index is 0.364. The van der Waals surface area contributed by atoms with Crippen LogP contribution < -0.4 is 0 Å². The summed E-state index contributed by atoms with van der Waals surface area (Å²) in [6.07, 6.45) is 0. The van der Waals surface area contributed by atoms with E-state index in [1.807, 2.05) is 19.9 Å². The summed E-state index contributed by atoms with van der Waals surface area (Å²) in [4.78, 5) is 0. The van der Waals surface area contributed by atoms with Gasteiger partial charge in [0, 0.05) is 16.3 Å². The SMILES string of the molecule is Cc1nn(-c2ccc(C#N)c(Cl)c2)c(C)c1C(C)(O)c1ccc(Cl)cc1. The van der Waals surface area contributed by atoms with E-state index in [1.54, 1.807) is 54.1 Å². The Morgan fingerprint density at radius 3 is 2.35 bits per heavy atom. The first-order valence-electron chi connectivity index (χ1n) is 8.01. The van der Waals surface area contributed by atoms with Gasteiger partial charge in [0.2, 0.25) is 0 Å². The quantitative estimate of drug-likeness (QED) is 0.695. The molecule has 1 heterocycles. The van der Waals surface area contributed by atoms with E-state index in [-0.39, 0.29) is 0 Å². The second-order valence-electron chi connectivity index (χ2n) is 6.31. The van der Waals surface area contributed by atoms with Crippen LogP contribution in [0.25, 0.3) is 5.69 Å². The third kappa shape index (κ3) is 3.10. The lowest BCUT2D eigenvalue weighted by molar-refractivity contribution is 0.101. The van der Waals surface area contributed by atoms with Gasteiger partial charge >= 0.3 is 0 Å². The molecule has 0 aliphatic carbocycles. The number of halogens is 2. The second-order valence-corrected chi connectivity index (χ2v) is 7.16. The van der Waals surface area contributed by atoms with Crippen molar-refractivity contribution in [1.29, 1.82) is 5.26 Å². The minimum atomic E-state index is -1.23. The van der Waals surface area contributed by atoms with Crippen molar-refractivity contribution in [1.82, 2.24) is 9.78 Å². The Balaban J connectivity index is 2.13. The van der Waals surface area contributed by atoms with E-state index >= 15 is 0 Å². The van der Waals surface area contributed by atoms with Crippen molar-refractivity contribution in [2.24, 2.45) is 0 Å². The van der Waals surface area contributed by atoms with Gasteiger partial charge < -0.3 is 5.11 Å². The second kappa shape index (κ2) is 6.77. The molecule has 0 aliphatic heterocycles. The molecule has 0 bridgehead atoms. The third-order valence-corrected chi connectivity index (χ3v) is 5.07. The number of nitriles is 1. The van der Waals surface area contributed by atoms with Crippen LogP contribution in [0.5, 0.6) is 0 Å². The number of aryl methyl sites for hydroxylation is 1. The van der Waals surface area contributed by atoms with Gasteiger partial charge in [0.25, 0.3) is 0 Å². The molecule has 0 spiro atoms. The van der Waals surface area contributed by atoms with Gasteiger partial charge in [-0.2, -0.15) is 10.4 Å². The van der Waals surface area contributed by atoms with Crippen LogP contribution in [-0.2, 0) is 5.60 Å². The van der Waals surface area contributed by atoms with Crippen molar-refractivity contribution in [2.75, 3.05) is 0 Å². The highest BCUT2D eigenvalue weighted by Crippen LogP contribution is 2.35. The predicted molar refractivity (Wildman–Crippen MR) is 103 cm³/mol. The van der Waals surface area contributed by atoms with Gasteiger partial charge in [0.1, 0.15) is 11.7 Å². The number of hydrogen-bond acceptors (Lipinski definition) is 3. The molecule has 0 amide bonds. The average molecular weight is 386 g/mol. The van der Waals surface area contributed by atoms with Crippen LogP contribution in [0.2, 0.25) is 10.0 Å². The van der Waals surface area contributed by atoms with E-state index in [4.69, 9.17) is 28.5 Å². The topological polar surface area (TPSA) is 61.8 Å². The van der Waals surface area contributed by atoms with Crippen molar-refractivity contribution in [2.45, 2.75) is 26.4 Å². The maximum absolute atomic E-state index is 11.2. The number of hydrogen-bond donors (Lipinski definition) is 1. The number of rotatable bonds is 3. The number of benzene rings is 2. The van der Waals surface area contributed by atoms with E-state index < -0.39 is 5.60 Å². The van der Waals surface area contributed by atoms with Crippen LogP contribution in [0, 0.1) is 25.2 Å². The number of aromatic nitrogens is 2. The maximum atomic E-state index is 11.2. The van der Waals surface area contributed by atoms with E-state index in [2.05, 4.69) is 5.10 Å². The standard InChI is InChI=1S/C20H17Cl2N3O/c1-12-19(20(3,26)15-5-7-16(21)8-6-15)13(2)25(24-12)17-9-4-14(11-23)18(22)10-17/h4-10,26H,1-3H3. The van der Waals surface area contributed by atoms with Crippen LogP contribution in [0.3, 0.4) is 0 Å². The lowest BCUT2D eigenvalue weighted by atomic mass is 9.87. The first-order valence-corrected chi connectivity index (χ1v) is 8.76. The molecule has 1 atom stereocenters. The monoisotopic (exact) mass is 385 g/mol. The summed E-state index contributed by atoms with van der Waals surface area (Å²) in [5.74, 6) is 0. The molecule has 0 fully saturated rings. The predicted octanol–water partition coefficient (Wildman–Crippen LogP) is 4.92. The Morgan fingerprint density at radius 2 is 1.77 bits per heavy atom. The Kier molecular flexibility index (Phi) is 4.81. The molecule has 3 rings (SSSR count). The van der Waals surface area contributed by atoms with Crippen LogP contribution in [-0.4, -0.2) is 14.9 Å². The molecule has 6 heteroatoms. The summed E-state index contributed by atoms with van der Waals surface area (Å²) in [6, 6.07) is 14.3. The lowest BCUT2D eigenvalue weighted by Gasteiger charge is -2.25. The largest absolute Gasteiger partial charge is 0.381 e. The summed E-state index contributed by atoms with van der Waals surface area (Å²) >= 11 is 12.1. The minimum Gasteiger partial charge on any atom is -0.381 e. The van der Waals surface area contributed by atoms with Crippen molar-refractivity contribution in [3.63, 3.8) is 0 Å². The first kappa shape index (κ1) is 18.5. The zero-order valence-corrected chi connectivity index (χ0v) is 16.1. The molecule has 1 unspecified atom stereocenters. The highest BCUT2D eigenvalue weighted by molar-refractivity contribution is 6.32.